The van der Waals surface area contributed by atoms with Gasteiger partial charge in [0.15, 0.2) is 11.0 Å². The maximum Gasteiger partial charge on any atom is 0.275 e. The van der Waals surface area contributed by atoms with E-state index in [1.807, 2.05) is 6.07 Å². The molecule has 5 aromatic rings. The average molecular weight is 540 g/mol. The lowest BCUT2D eigenvalue weighted by atomic mass is 10.2. The summed E-state index contributed by atoms with van der Waals surface area (Å²) in [4.78, 5) is 16.9. The minimum Gasteiger partial charge on any atom is -0.321 e. The summed E-state index contributed by atoms with van der Waals surface area (Å²) in [6, 6.07) is 19.0. The fourth-order valence-electron chi connectivity index (χ4n) is 3.37. The van der Waals surface area contributed by atoms with E-state index in [4.69, 9.17) is 11.6 Å². The summed E-state index contributed by atoms with van der Waals surface area (Å²) in [5.74, 6) is -0.427. The van der Waals surface area contributed by atoms with Gasteiger partial charge in [-0.25, -0.2) is 13.8 Å². The van der Waals surface area contributed by atoms with E-state index in [9.17, 15) is 13.6 Å². The SMILES string of the molecule is O=C(Nc1ccc(F)cc1)c1csc(CSc2nnc(-c3ccccc3Cl)n2-c2ccccc2F)n1. The number of thiazole rings is 1. The van der Waals surface area contributed by atoms with Gasteiger partial charge in [0.1, 0.15) is 22.3 Å². The zero-order valence-electron chi connectivity index (χ0n) is 18.4. The van der Waals surface area contributed by atoms with Crippen molar-refractivity contribution < 1.29 is 13.6 Å². The van der Waals surface area contributed by atoms with E-state index in [0.717, 1.165) is 0 Å². The molecule has 0 bridgehead atoms. The Bertz CT molecular complexity index is 1540. The molecule has 6 nitrogen and oxygen atoms in total. The number of rotatable bonds is 7. The van der Waals surface area contributed by atoms with Gasteiger partial charge < -0.3 is 5.32 Å². The van der Waals surface area contributed by atoms with Gasteiger partial charge in [-0.1, -0.05) is 47.6 Å². The fraction of sp³-hybridized carbons (Fsp3) is 0.0400. The lowest BCUT2D eigenvalue weighted by molar-refractivity contribution is 0.102. The first-order valence-corrected chi connectivity index (χ1v) is 12.8. The van der Waals surface area contributed by atoms with Gasteiger partial charge in [0.2, 0.25) is 0 Å². The summed E-state index contributed by atoms with van der Waals surface area (Å²) >= 11 is 9.02. The van der Waals surface area contributed by atoms with E-state index < -0.39 is 11.7 Å². The minimum absolute atomic E-state index is 0.243. The molecule has 11 heteroatoms. The molecule has 2 aromatic heterocycles. The lowest BCUT2D eigenvalue weighted by Gasteiger charge is -2.11. The van der Waals surface area contributed by atoms with Gasteiger partial charge in [0.25, 0.3) is 5.91 Å². The third kappa shape index (κ3) is 5.15. The molecule has 0 fully saturated rings. The summed E-state index contributed by atoms with van der Waals surface area (Å²) in [5.41, 5.74) is 1.62. The number of benzene rings is 3. The maximum absolute atomic E-state index is 14.8. The zero-order valence-corrected chi connectivity index (χ0v) is 20.7. The molecule has 1 N–H and O–H groups in total. The second-order valence-corrected chi connectivity index (χ2v) is 9.74. The number of thioether (sulfide) groups is 1. The zero-order chi connectivity index (χ0) is 25.1. The van der Waals surface area contributed by atoms with Crippen LogP contribution in [-0.2, 0) is 5.75 Å². The van der Waals surface area contributed by atoms with Crippen molar-refractivity contribution in [1.82, 2.24) is 19.7 Å². The number of para-hydroxylation sites is 1. The van der Waals surface area contributed by atoms with Crippen molar-refractivity contribution in [2.24, 2.45) is 0 Å². The Morgan fingerprint density at radius 1 is 1.00 bits per heavy atom. The molecule has 0 aliphatic heterocycles. The molecule has 0 radical (unpaired) electrons. The van der Waals surface area contributed by atoms with Gasteiger partial charge in [-0.2, -0.15) is 0 Å². The van der Waals surface area contributed by atoms with E-state index >= 15 is 0 Å². The van der Waals surface area contributed by atoms with Crippen LogP contribution in [0, 0.1) is 11.6 Å². The predicted molar refractivity (Wildman–Crippen MR) is 138 cm³/mol. The number of halogens is 3. The van der Waals surface area contributed by atoms with Gasteiger partial charge >= 0.3 is 0 Å². The van der Waals surface area contributed by atoms with Crippen molar-refractivity contribution in [3.63, 3.8) is 0 Å². The first-order chi connectivity index (χ1) is 17.5. The van der Waals surface area contributed by atoms with Gasteiger partial charge in [0, 0.05) is 16.6 Å². The Hall–Kier alpha value is -3.60. The number of carbonyl (C=O) groups is 1. The van der Waals surface area contributed by atoms with Crippen molar-refractivity contribution in [1.29, 1.82) is 0 Å². The van der Waals surface area contributed by atoms with E-state index in [0.29, 0.717) is 43.7 Å². The van der Waals surface area contributed by atoms with Crippen LogP contribution in [0.5, 0.6) is 0 Å². The Labute approximate surface area is 218 Å². The molecule has 180 valence electrons. The number of carbonyl (C=O) groups excluding carboxylic acids is 1. The highest BCUT2D eigenvalue weighted by Gasteiger charge is 2.21. The number of nitrogens with one attached hydrogen (secondary N) is 1. The highest BCUT2D eigenvalue weighted by atomic mass is 35.5. The molecular weight excluding hydrogens is 524 g/mol. The van der Waals surface area contributed by atoms with Crippen molar-refractivity contribution in [3.8, 4) is 17.1 Å². The standard InChI is InChI=1S/C25H16ClF2N5OS2/c26-18-6-2-1-5-17(18)23-31-32-25(33(23)21-8-4-3-7-19(21)28)36-14-22-30-20(13-35-22)24(34)29-16-11-9-15(27)10-12-16/h1-13H,14H2,(H,29,34). The largest absolute Gasteiger partial charge is 0.321 e. The van der Waals surface area contributed by atoms with Crippen LogP contribution in [0.2, 0.25) is 5.02 Å². The van der Waals surface area contributed by atoms with Crippen molar-refractivity contribution in [2.45, 2.75) is 10.9 Å². The summed E-state index contributed by atoms with van der Waals surface area (Å²) in [7, 11) is 0. The summed E-state index contributed by atoms with van der Waals surface area (Å²) in [6.07, 6.45) is 0. The Morgan fingerprint density at radius 2 is 1.75 bits per heavy atom. The highest BCUT2D eigenvalue weighted by molar-refractivity contribution is 7.98. The summed E-state index contributed by atoms with van der Waals surface area (Å²) in [6.45, 7) is 0. The fourth-order valence-corrected chi connectivity index (χ4v) is 5.32. The second-order valence-electron chi connectivity index (χ2n) is 7.45. The van der Waals surface area contributed by atoms with Crippen LogP contribution in [0.4, 0.5) is 14.5 Å². The Balaban J connectivity index is 1.38. The smallest absolute Gasteiger partial charge is 0.275 e. The quantitative estimate of drug-likeness (QED) is 0.229. The van der Waals surface area contributed by atoms with Gasteiger partial charge in [-0.15, -0.1) is 21.5 Å². The predicted octanol–water partition coefficient (Wildman–Crippen LogP) is 6.87. The lowest BCUT2D eigenvalue weighted by Crippen LogP contribution is -2.12. The van der Waals surface area contributed by atoms with Crippen LogP contribution in [0.25, 0.3) is 17.1 Å². The number of anilines is 1. The molecule has 0 saturated heterocycles. The normalized spacial score (nSPS) is 11.0. The van der Waals surface area contributed by atoms with Gasteiger partial charge in [0.05, 0.1) is 16.5 Å². The van der Waals surface area contributed by atoms with Crippen LogP contribution in [0.15, 0.2) is 83.3 Å². The first-order valence-electron chi connectivity index (χ1n) is 10.6. The molecule has 5 rings (SSSR count). The molecule has 36 heavy (non-hydrogen) atoms. The second kappa shape index (κ2) is 10.6. The van der Waals surface area contributed by atoms with Crippen LogP contribution in [-0.4, -0.2) is 25.7 Å². The number of amides is 1. The maximum atomic E-state index is 14.8. The summed E-state index contributed by atoms with van der Waals surface area (Å²) in [5, 5.41) is 14.5. The molecule has 0 aliphatic rings. The summed E-state index contributed by atoms with van der Waals surface area (Å²) < 4.78 is 29.5. The topological polar surface area (TPSA) is 72.7 Å². The first kappa shape index (κ1) is 24.1. The molecule has 0 atom stereocenters. The van der Waals surface area contributed by atoms with Gasteiger partial charge in [-0.3, -0.25) is 9.36 Å². The Morgan fingerprint density at radius 3 is 2.53 bits per heavy atom. The highest BCUT2D eigenvalue weighted by Crippen LogP contribution is 2.34. The number of hydrogen-bond donors (Lipinski definition) is 1. The average Bonchev–Trinajstić information content (AvgIpc) is 3.52. The molecule has 3 aromatic carbocycles. The number of hydrogen-bond acceptors (Lipinski definition) is 6. The van der Waals surface area contributed by atoms with Crippen LogP contribution >= 0.6 is 34.7 Å². The van der Waals surface area contributed by atoms with E-state index in [2.05, 4.69) is 20.5 Å². The van der Waals surface area contributed by atoms with Crippen molar-refractivity contribution in [3.05, 3.63) is 106 Å². The van der Waals surface area contributed by atoms with Crippen molar-refractivity contribution in [2.75, 3.05) is 5.32 Å². The van der Waals surface area contributed by atoms with Crippen molar-refractivity contribution >= 4 is 46.3 Å². The van der Waals surface area contributed by atoms with Gasteiger partial charge in [-0.05, 0) is 48.5 Å². The third-order valence-electron chi connectivity index (χ3n) is 5.05. The van der Waals surface area contributed by atoms with Crippen LogP contribution in [0.1, 0.15) is 15.5 Å². The minimum atomic E-state index is -0.429. The molecule has 0 saturated carbocycles. The monoisotopic (exact) mass is 539 g/mol. The number of aromatic nitrogens is 4. The third-order valence-corrected chi connectivity index (χ3v) is 7.35. The van der Waals surface area contributed by atoms with E-state index in [1.54, 1.807) is 46.3 Å². The molecule has 0 spiro atoms. The molecular formula is C25H16ClF2N5OS2. The molecule has 2 heterocycles. The molecule has 0 aliphatic carbocycles. The van der Waals surface area contributed by atoms with Crippen LogP contribution < -0.4 is 5.32 Å². The molecule has 1 amide bonds. The number of nitrogens with zero attached hydrogens (tertiary/aromatic N) is 4. The van der Waals surface area contributed by atoms with Crippen LogP contribution in [0.3, 0.4) is 0 Å². The van der Waals surface area contributed by atoms with E-state index in [1.165, 1.54) is 53.4 Å². The van der Waals surface area contributed by atoms with E-state index in [-0.39, 0.29) is 11.5 Å². The Kier molecular flexibility index (Phi) is 7.08. The molecule has 0 unspecified atom stereocenters.